The van der Waals surface area contributed by atoms with Gasteiger partial charge in [0, 0.05) is 11.4 Å². The standard InChI is InChI=1S/C12H9F3O3S/c1-17-8-5-11(19-6-8)18-7-2-3-10(16)9(4-7)12(13,14)15/h2-6,16H,1H3. The lowest BCUT2D eigenvalue weighted by molar-refractivity contribution is -0.138. The van der Waals surface area contributed by atoms with E-state index in [9.17, 15) is 18.3 Å². The molecule has 0 saturated carbocycles. The Morgan fingerprint density at radius 3 is 2.47 bits per heavy atom. The first-order valence-corrected chi connectivity index (χ1v) is 5.98. The van der Waals surface area contributed by atoms with Gasteiger partial charge in [0.15, 0.2) is 5.06 Å². The van der Waals surface area contributed by atoms with E-state index < -0.39 is 17.5 Å². The van der Waals surface area contributed by atoms with Crippen LogP contribution < -0.4 is 9.47 Å². The number of aromatic hydroxyl groups is 1. The molecule has 2 rings (SSSR count). The largest absolute Gasteiger partial charge is 0.507 e. The van der Waals surface area contributed by atoms with Gasteiger partial charge in [0.25, 0.3) is 0 Å². The third-order valence-electron chi connectivity index (χ3n) is 2.28. The molecule has 0 amide bonds. The third kappa shape index (κ3) is 3.11. The molecule has 0 atom stereocenters. The first kappa shape index (κ1) is 13.5. The van der Waals surface area contributed by atoms with Crippen LogP contribution in [-0.4, -0.2) is 12.2 Å². The van der Waals surface area contributed by atoms with Crippen molar-refractivity contribution in [2.45, 2.75) is 6.18 Å². The maximum atomic E-state index is 12.6. The van der Waals surface area contributed by atoms with Crippen LogP contribution in [0.25, 0.3) is 0 Å². The molecule has 0 aliphatic rings. The number of ether oxygens (including phenoxy) is 2. The van der Waals surface area contributed by atoms with Gasteiger partial charge in [-0.3, -0.25) is 0 Å². The summed E-state index contributed by atoms with van der Waals surface area (Å²) in [6, 6.07) is 4.52. The molecule has 7 heteroatoms. The zero-order valence-electron chi connectivity index (χ0n) is 9.69. The highest BCUT2D eigenvalue weighted by Gasteiger charge is 2.34. The SMILES string of the molecule is COc1csc(Oc2ccc(O)c(C(F)(F)F)c2)c1. The van der Waals surface area contributed by atoms with Gasteiger partial charge in [0.2, 0.25) is 0 Å². The molecule has 3 nitrogen and oxygen atoms in total. The number of halogens is 3. The fraction of sp³-hybridized carbons (Fsp3) is 0.167. The van der Waals surface area contributed by atoms with Crippen molar-refractivity contribution in [1.29, 1.82) is 0 Å². The lowest BCUT2D eigenvalue weighted by atomic mass is 10.2. The van der Waals surface area contributed by atoms with E-state index in [-0.39, 0.29) is 5.75 Å². The summed E-state index contributed by atoms with van der Waals surface area (Å²) in [7, 11) is 1.48. The monoisotopic (exact) mass is 290 g/mol. The Morgan fingerprint density at radius 2 is 1.89 bits per heavy atom. The van der Waals surface area contributed by atoms with Gasteiger partial charge < -0.3 is 14.6 Å². The zero-order valence-corrected chi connectivity index (χ0v) is 10.5. The topological polar surface area (TPSA) is 38.7 Å². The summed E-state index contributed by atoms with van der Waals surface area (Å²) in [6.07, 6.45) is -4.63. The number of thiophene rings is 1. The van der Waals surface area contributed by atoms with E-state index in [1.165, 1.54) is 24.5 Å². The van der Waals surface area contributed by atoms with Gasteiger partial charge >= 0.3 is 6.18 Å². The predicted octanol–water partition coefficient (Wildman–Crippen LogP) is 4.27. The highest BCUT2D eigenvalue weighted by molar-refractivity contribution is 7.12. The highest BCUT2D eigenvalue weighted by Crippen LogP contribution is 2.39. The third-order valence-corrected chi connectivity index (χ3v) is 3.06. The molecule has 1 N–H and O–H groups in total. The Hall–Kier alpha value is -1.89. The van der Waals surface area contributed by atoms with Gasteiger partial charge in [-0.2, -0.15) is 13.2 Å². The Balaban J connectivity index is 2.26. The molecular formula is C12H9F3O3S. The van der Waals surface area contributed by atoms with Crippen molar-refractivity contribution in [2.24, 2.45) is 0 Å². The molecule has 0 saturated heterocycles. The lowest BCUT2D eigenvalue weighted by Crippen LogP contribution is -2.05. The van der Waals surface area contributed by atoms with Crippen LogP contribution in [0.4, 0.5) is 13.2 Å². The Labute approximate surface area is 110 Å². The van der Waals surface area contributed by atoms with Crippen LogP contribution in [0, 0.1) is 0 Å². The number of phenols is 1. The predicted molar refractivity (Wildman–Crippen MR) is 64.1 cm³/mol. The van der Waals surface area contributed by atoms with Gasteiger partial charge in [-0.1, -0.05) is 0 Å². The van der Waals surface area contributed by atoms with E-state index in [4.69, 9.17) is 9.47 Å². The Bertz CT molecular complexity index is 578. The molecule has 2 aromatic rings. The maximum absolute atomic E-state index is 12.6. The van der Waals surface area contributed by atoms with Crippen LogP contribution in [0.3, 0.4) is 0 Å². The van der Waals surface area contributed by atoms with E-state index in [0.29, 0.717) is 10.8 Å². The van der Waals surface area contributed by atoms with Crippen molar-refractivity contribution in [1.82, 2.24) is 0 Å². The summed E-state index contributed by atoms with van der Waals surface area (Å²) in [6.45, 7) is 0. The maximum Gasteiger partial charge on any atom is 0.420 e. The zero-order chi connectivity index (χ0) is 14.0. The molecule has 1 aromatic carbocycles. The minimum Gasteiger partial charge on any atom is -0.507 e. The van der Waals surface area contributed by atoms with Crippen LogP contribution in [0.5, 0.6) is 22.3 Å². The molecule has 0 fully saturated rings. The molecule has 1 heterocycles. The van der Waals surface area contributed by atoms with E-state index >= 15 is 0 Å². The smallest absolute Gasteiger partial charge is 0.420 e. The summed E-state index contributed by atoms with van der Waals surface area (Å²) >= 11 is 1.20. The van der Waals surface area contributed by atoms with Gasteiger partial charge in [-0.25, -0.2) is 0 Å². The average molecular weight is 290 g/mol. The van der Waals surface area contributed by atoms with Crippen molar-refractivity contribution in [3.05, 3.63) is 35.2 Å². The summed E-state index contributed by atoms with van der Waals surface area (Å²) in [5.41, 5.74) is -1.13. The summed E-state index contributed by atoms with van der Waals surface area (Å²) < 4.78 is 48.0. The van der Waals surface area contributed by atoms with Gasteiger partial charge in [0.05, 0.1) is 7.11 Å². The molecule has 1 aromatic heterocycles. The van der Waals surface area contributed by atoms with Gasteiger partial charge in [0.1, 0.15) is 22.8 Å². The molecule has 0 spiro atoms. The van der Waals surface area contributed by atoms with Crippen LogP contribution in [-0.2, 0) is 6.18 Å². The molecule has 0 bridgehead atoms. The molecular weight excluding hydrogens is 281 g/mol. The van der Waals surface area contributed by atoms with Gasteiger partial charge in [-0.05, 0) is 18.2 Å². The van der Waals surface area contributed by atoms with Crippen LogP contribution >= 0.6 is 11.3 Å². The Morgan fingerprint density at radius 1 is 1.16 bits per heavy atom. The summed E-state index contributed by atoms with van der Waals surface area (Å²) in [4.78, 5) is 0. The minimum absolute atomic E-state index is 0.00497. The van der Waals surface area contributed by atoms with E-state index in [2.05, 4.69) is 0 Å². The fourth-order valence-electron chi connectivity index (χ4n) is 1.38. The fourth-order valence-corrected chi connectivity index (χ4v) is 2.11. The number of hydrogen-bond acceptors (Lipinski definition) is 4. The van der Waals surface area contributed by atoms with E-state index in [1.807, 2.05) is 0 Å². The van der Waals surface area contributed by atoms with Crippen LogP contribution in [0.15, 0.2) is 29.6 Å². The molecule has 0 aliphatic heterocycles. The van der Waals surface area contributed by atoms with Gasteiger partial charge in [-0.15, -0.1) is 11.3 Å². The molecule has 19 heavy (non-hydrogen) atoms. The van der Waals surface area contributed by atoms with Crippen molar-refractivity contribution in [2.75, 3.05) is 7.11 Å². The first-order valence-electron chi connectivity index (χ1n) is 5.11. The Kier molecular flexibility index (Phi) is 3.57. The summed E-state index contributed by atoms with van der Waals surface area (Å²) in [5.74, 6) is -0.270. The normalized spacial score (nSPS) is 11.4. The highest BCUT2D eigenvalue weighted by atomic mass is 32.1. The number of alkyl halides is 3. The van der Waals surface area contributed by atoms with Crippen molar-refractivity contribution in [3.8, 4) is 22.3 Å². The van der Waals surface area contributed by atoms with E-state index in [1.54, 1.807) is 11.4 Å². The number of methoxy groups -OCH3 is 1. The van der Waals surface area contributed by atoms with Crippen molar-refractivity contribution in [3.63, 3.8) is 0 Å². The lowest BCUT2D eigenvalue weighted by Gasteiger charge is -2.10. The number of phenolic OH excluding ortho intramolecular Hbond substituents is 1. The first-order chi connectivity index (χ1) is 8.90. The number of benzene rings is 1. The van der Waals surface area contributed by atoms with Crippen LogP contribution in [0.1, 0.15) is 5.56 Å². The van der Waals surface area contributed by atoms with Crippen molar-refractivity contribution < 1.29 is 27.8 Å². The average Bonchev–Trinajstić information content (AvgIpc) is 2.78. The van der Waals surface area contributed by atoms with Crippen molar-refractivity contribution >= 4 is 11.3 Å². The minimum atomic E-state index is -4.63. The second-order valence-electron chi connectivity index (χ2n) is 3.58. The summed E-state index contributed by atoms with van der Waals surface area (Å²) in [5, 5.41) is 11.3. The number of hydrogen-bond donors (Lipinski definition) is 1. The number of rotatable bonds is 3. The molecule has 0 radical (unpaired) electrons. The molecule has 0 aliphatic carbocycles. The second kappa shape index (κ2) is 5.00. The second-order valence-corrected chi connectivity index (χ2v) is 4.46. The van der Waals surface area contributed by atoms with Crippen LogP contribution in [0.2, 0.25) is 0 Å². The quantitative estimate of drug-likeness (QED) is 0.917. The molecule has 102 valence electrons. The molecule has 0 unspecified atom stereocenters. The van der Waals surface area contributed by atoms with E-state index in [0.717, 1.165) is 12.1 Å².